The van der Waals surface area contributed by atoms with Crippen molar-refractivity contribution in [1.29, 1.82) is 0 Å². The van der Waals surface area contributed by atoms with Gasteiger partial charge in [0.2, 0.25) is 0 Å². The number of hydrogen-bond acceptors (Lipinski definition) is 6. The van der Waals surface area contributed by atoms with Crippen LogP contribution in [0.4, 0.5) is 0 Å². The Morgan fingerprint density at radius 1 is 0.344 bits per heavy atom. The molecular formula is C55H94O6. The summed E-state index contributed by atoms with van der Waals surface area (Å²) in [6, 6.07) is 0. The smallest absolute Gasteiger partial charge is 0.306 e. The Bertz CT molecular complexity index is 1160. The van der Waals surface area contributed by atoms with Crippen molar-refractivity contribution in [3.8, 4) is 0 Å². The van der Waals surface area contributed by atoms with Crippen LogP contribution < -0.4 is 0 Å². The van der Waals surface area contributed by atoms with E-state index in [2.05, 4.69) is 93.7 Å². The predicted octanol–water partition coefficient (Wildman–Crippen LogP) is 16.6. The van der Waals surface area contributed by atoms with Crippen LogP contribution in [0, 0.1) is 0 Å². The molecule has 0 heterocycles. The van der Waals surface area contributed by atoms with Gasteiger partial charge in [0.25, 0.3) is 0 Å². The molecule has 6 heteroatoms. The average Bonchev–Trinajstić information content (AvgIpc) is 3.26. The topological polar surface area (TPSA) is 78.9 Å². The predicted molar refractivity (Wildman–Crippen MR) is 261 cm³/mol. The van der Waals surface area contributed by atoms with E-state index in [1.54, 1.807) is 0 Å². The fraction of sp³-hybridized carbons (Fsp3) is 0.727. The third-order valence-corrected chi connectivity index (χ3v) is 10.7. The number of ether oxygens (including phenoxy) is 3. The molecule has 0 radical (unpaired) electrons. The zero-order valence-corrected chi connectivity index (χ0v) is 39.9. The van der Waals surface area contributed by atoms with Crippen LogP contribution in [0.25, 0.3) is 0 Å². The molecule has 0 rings (SSSR count). The molecule has 0 aliphatic carbocycles. The highest BCUT2D eigenvalue weighted by Crippen LogP contribution is 2.14. The lowest BCUT2D eigenvalue weighted by Gasteiger charge is -2.18. The minimum atomic E-state index is -0.789. The molecule has 0 amide bonds. The largest absolute Gasteiger partial charge is 0.462 e. The monoisotopic (exact) mass is 851 g/mol. The van der Waals surface area contributed by atoms with Crippen LogP contribution in [0.1, 0.15) is 239 Å². The third kappa shape index (κ3) is 47.7. The van der Waals surface area contributed by atoms with E-state index in [9.17, 15) is 14.4 Å². The first-order chi connectivity index (χ1) is 30.0. The van der Waals surface area contributed by atoms with Crippen molar-refractivity contribution in [2.24, 2.45) is 0 Å². The highest BCUT2D eigenvalue weighted by Gasteiger charge is 2.19. The Labute approximate surface area is 376 Å². The van der Waals surface area contributed by atoms with Crippen molar-refractivity contribution in [3.63, 3.8) is 0 Å². The number of allylic oxidation sites excluding steroid dienone is 12. The van der Waals surface area contributed by atoms with E-state index >= 15 is 0 Å². The maximum Gasteiger partial charge on any atom is 0.306 e. The van der Waals surface area contributed by atoms with Gasteiger partial charge in [0, 0.05) is 19.3 Å². The lowest BCUT2D eigenvalue weighted by Crippen LogP contribution is -2.30. The Morgan fingerprint density at radius 2 is 0.639 bits per heavy atom. The normalized spacial score (nSPS) is 12.6. The molecule has 0 N–H and O–H groups in total. The van der Waals surface area contributed by atoms with E-state index in [0.29, 0.717) is 19.3 Å². The minimum Gasteiger partial charge on any atom is -0.462 e. The zero-order chi connectivity index (χ0) is 44.4. The number of rotatable bonds is 45. The van der Waals surface area contributed by atoms with Crippen molar-refractivity contribution in [2.75, 3.05) is 13.2 Å². The van der Waals surface area contributed by atoms with Crippen LogP contribution in [0.3, 0.4) is 0 Å². The van der Waals surface area contributed by atoms with E-state index in [-0.39, 0.29) is 31.1 Å². The number of carbonyl (C=O) groups excluding carboxylic acids is 3. The van der Waals surface area contributed by atoms with Crippen LogP contribution in [0.2, 0.25) is 0 Å². The quantitative estimate of drug-likeness (QED) is 0.0263. The molecule has 0 fully saturated rings. The summed E-state index contributed by atoms with van der Waals surface area (Å²) in [5, 5.41) is 0. The second-order valence-electron chi connectivity index (χ2n) is 16.7. The number of unbranched alkanes of at least 4 members (excludes halogenated alkanes) is 22. The maximum atomic E-state index is 12.8. The lowest BCUT2D eigenvalue weighted by atomic mass is 10.1. The zero-order valence-electron chi connectivity index (χ0n) is 39.9. The highest BCUT2D eigenvalue weighted by atomic mass is 16.6. The second-order valence-corrected chi connectivity index (χ2v) is 16.7. The van der Waals surface area contributed by atoms with Gasteiger partial charge in [-0.3, -0.25) is 14.4 Å². The van der Waals surface area contributed by atoms with Gasteiger partial charge in [0.05, 0.1) is 0 Å². The van der Waals surface area contributed by atoms with Crippen LogP contribution in [0.5, 0.6) is 0 Å². The molecule has 0 spiro atoms. The standard InChI is InChI=1S/C55H94O6/c1-4-7-10-13-16-19-22-24-26-27-29-31-34-36-39-42-45-48-54(57)60-51-52(61-55(58)49-46-43-40-37-32-21-18-15-12-9-6-3)50-59-53(56)47-44-41-38-35-33-30-28-25-23-20-17-14-11-8-5-2/h8,11,16-17,19-20,24-26,28-29,31,52H,4-7,9-10,12-15,18,21-23,27,30,32-51H2,1-3H3/b11-8-,19-16-,20-17-,26-24-,28-25-,31-29-/t52-/m1/s1. The fourth-order valence-corrected chi connectivity index (χ4v) is 6.87. The fourth-order valence-electron chi connectivity index (χ4n) is 6.87. The van der Waals surface area contributed by atoms with Crippen molar-refractivity contribution in [1.82, 2.24) is 0 Å². The minimum absolute atomic E-state index is 0.0907. The van der Waals surface area contributed by atoms with E-state index in [1.807, 2.05) is 0 Å². The molecule has 0 aliphatic rings. The van der Waals surface area contributed by atoms with Gasteiger partial charge in [-0.05, 0) is 89.9 Å². The van der Waals surface area contributed by atoms with Gasteiger partial charge in [0.1, 0.15) is 13.2 Å². The summed E-state index contributed by atoms with van der Waals surface area (Å²) in [5.74, 6) is -0.927. The molecule has 0 saturated heterocycles. The summed E-state index contributed by atoms with van der Waals surface area (Å²) in [6.07, 6.45) is 61.6. The first-order valence-electron chi connectivity index (χ1n) is 25.4. The number of carbonyl (C=O) groups is 3. The van der Waals surface area contributed by atoms with Crippen molar-refractivity contribution in [3.05, 3.63) is 72.9 Å². The highest BCUT2D eigenvalue weighted by molar-refractivity contribution is 5.71. The number of hydrogen-bond donors (Lipinski definition) is 0. The summed E-state index contributed by atoms with van der Waals surface area (Å²) in [7, 11) is 0. The van der Waals surface area contributed by atoms with Gasteiger partial charge >= 0.3 is 17.9 Å². The van der Waals surface area contributed by atoms with Gasteiger partial charge in [0.15, 0.2) is 6.10 Å². The molecular weight excluding hydrogens is 757 g/mol. The SMILES string of the molecule is CC/C=C\C/C=C\C/C=C\CCCCCCCC(=O)OC[C@H](COC(=O)CCCCCC/C=C\C/C=C\C/C=C\CCCCC)OC(=O)CCCCCCCCCCCCC. The number of esters is 3. The molecule has 0 unspecified atom stereocenters. The summed E-state index contributed by atoms with van der Waals surface area (Å²) >= 11 is 0. The maximum absolute atomic E-state index is 12.8. The van der Waals surface area contributed by atoms with Gasteiger partial charge in [-0.15, -0.1) is 0 Å². The second kappa shape index (κ2) is 49.5. The third-order valence-electron chi connectivity index (χ3n) is 10.7. The van der Waals surface area contributed by atoms with Gasteiger partial charge in [-0.2, -0.15) is 0 Å². The summed E-state index contributed by atoms with van der Waals surface area (Å²) < 4.78 is 16.7. The van der Waals surface area contributed by atoms with Crippen LogP contribution in [-0.2, 0) is 28.6 Å². The average molecular weight is 851 g/mol. The molecule has 6 nitrogen and oxygen atoms in total. The van der Waals surface area contributed by atoms with Crippen molar-refractivity contribution in [2.45, 2.75) is 245 Å². The molecule has 0 bridgehead atoms. The van der Waals surface area contributed by atoms with Crippen molar-refractivity contribution >= 4 is 17.9 Å². The Balaban J connectivity index is 4.42. The Kier molecular flexibility index (Phi) is 46.9. The van der Waals surface area contributed by atoms with Gasteiger partial charge in [-0.1, -0.05) is 203 Å². The molecule has 350 valence electrons. The van der Waals surface area contributed by atoms with Crippen molar-refractivity contribution < 1.29 is 28.6 Å². The summed E-state index contributed by atoms with van der Waals surface area (Å²) in [6.45, 7) is 6.45. The molecule has 0 aromatic heterocycles. The van der Waals surface area contributed by atoms with E-state index in [1.165, 1.54) is 77.0 Å². The lowest BCUT2D eigenvalue weighted by molar-refractivity contribution is -0.167. The molecule has 0 aromatic rings. The van der Waals surface area contributed by atoms with Crippen LogP contribution >= 0.6 is 0 Å². The van der Waals surface area contributed by atoms with E-state index in [4.69, 9.17) is 14.2 Å². The summed E-state index contributed by atoms with van der Waals surface area (Å²) in [4.78, 5) is 37.9. The Morgan fingerprint density at radius 3 is 1.03 bits per heavy atom. The molecule has 61 heavy (non-hydrogen) atoms. The van der Waals surface area contributed by atoms with Gasteiger partial charge < -0.3 is 14.2 Å². The van der Waals surface area contributed by atoms with Crippen LogP contribution in [0.15, 0.2) is 72.9 Å². The van der Waals surface area contributed by atoms with Gasteiger partial charge in [-0.25, -0.2) is 0 Å². The molecule has 0 aliphatic heterocycles. The molecule has 0 saturated carbocycles. The van der Waals surface area contributed by atoms with E-state index in [0.717, 1.165) is 122 Å². The van der Waals surface area contributed by atoms with Crippen LogP contribution in [-0.4, -0.2) is 37.2 Å². The summed E-state index contributed by atoms with van der Waals surface area (Å²) in [5.41, 5.74) is 0. The first kappa shape index (κ1) is 57.9. The molecule has 1 atom stereocenters. The molecule has 0 aromatic carbocycles. The van der Waals surface area contributed by atoms with E-state index < -0.39 is 6.10 Å². The Hall–Kier alpha value is -3.15. The first-order valence-corrected chi connectivity index (χ1v) is 25.4.